The average molecular weight is 299 g/mol. The summed E-state index contributed by atoms with van der Waals surface area (Å²) in [7, 11) is 0. The third kappa shape index (κ3) is 3.25. The molecule has 0 aliphatic heterocycles. The second-order valence-electron chi connectivity index (χ2n) is 4.01. The summed E-state index contributed by atoms with van der Waals surface area (Å²) >= 11 is 11.7. The Morgan fingerprint density at radius 3 is 2.16 bits per heavy atom. The van der Waals surface area contributed by atoms with E-state index >= 15 is 0 Å². The molecule has 0 aromatic heterocycles. The van der Waals surface area contributed by atoms with E-state index in [9.17, 15) is 9.18 Å². The Labute approximate surface area is 119 Å². The summed E-state index contributed by atoms with van der Waals surface area (Å²) < 4.78 is 13.1. The van der Waals surface area contributed by atoms with Gasteiger partial charge in [0.2, 0.25) is 0 Å². The third-order valence-electron chi connectivity index (χ3n) is 2.65. The fourth-order valence-electron chi connectivity index (χ4n) is 1.71. The molecule has 0 saturated carbocycles. The fraction of sp³-hybridized carbons (Fsp3) is 0.0714. The van der Waals surface area contributed by atoms with Crippen molar-refractivity contribution in [3.63, 3.8) is 0 Å². The summed E-state index contributed by atoms with van der Waals surface area (Å²) in [5.74, 6) is -1.43. The molecule has 0 radical (unpaired) electrons. The summed E-state index contributed by atoms with van der Waals surface area (Å²) in [5, 5.41) is 9.12. The van der Waals surface area contributed by atoms with Crippen LogP contribution in [0.2, 0.25) is 10.0 Å². The molecule has 0 fully saturated rings. The van der Waals surface area contributed by atoms with Crippen LogP contribution in [0.25, 0.3) is 11.1 Å². The first-order chi connectivity index (χ1) is 8.97. The highest BCUT2D eigenvalue weighted by molar-refractivity contribution is 6.32. The van der Waals surface area contributed by atoms with Crippen molar-refractivity contribution in [2.24, 2.45) is 0 Å². The number of carboxylic acid groups (broad SMARTS) is 1. The lowest BCUT2D eigenvalue weighted by Gasteiger charge is -2.06. The molecule has 0 unspecified atom stereocenters. The Balaban J connectivity index is 2.38. The van der Waals surface area contributed by atoms with Crippen LogP contribution in [0.15, 0.2) is 36.4 Å². The van der Waals surface area contributed by atoms with Crippen molar-refractivity contribution in [1.29, 1.82) is 0 Å². The fourth-order valence-corrected chi connectivity index (χ4v) is 2.14. The monoisotopic (exact) mass is 298 g/mol. The van der Waals surface area contributed by atoms with E-state index in [2.05, 4.69) is 0 Å². The van der Waals surface area contributed by atoms with E-state index in [0.717, 1.165) is 11.1 Å². The number of carboxylic acids is 1. The van der Waals surface area contributed by atoms with E-state index in [-0.39, 0.29) is 11.4 Å². The van der Waals surface area contributed by atoms with Gasteiger partial charge in [-0.1, -0.05) is 41.4 Å². The summed E-state index contributed by atoms with van der Waals surface area (Å²) in [5.41, 5.74) is 2.00. The minimum atomic E-state index is -0.945. The van der Waals surface area contributed by atoms with Crippen molar-refractivity contribution in [2.75, 3.05) is 0 Å². The maximum atomic E-state index is 13.1. The van der Waals surface area contributed by atoms with E-state index in [1.54, 1.807) is 24.3 Å². The Morgan fingerprint density at radius 2 is 1.63 bits per heavy atom. The van der Waals surface area contributed by atoms with Crippen LogP contribution in [0.3, 0.4) is 0 Å². The number of carbonyl (C=O) groups is 1. The van der Waals surface area contributed by atoms with Crippen molar-refractivity contribution < 1.29 is 14.3 Å². The number of halogens is 3. The molecule has 0 aliphatic rings. The van der Waals surface area contributed by atoms with Crippen LogP contribution >= 0.6 is 23.2 Å². The smallest absolute Gasteiger partial charge is 0.307 e. The van der Waals surface area contributed by atoms with Gasteiger partial charge in [0.25, 0.3) is 0 Å². The van der Waals surface area contributed by atoms with Gasteiger partial charge in [0.05, 0.1) is 11.4 Å². The standard InChI is InChI=1S/C14H9Cl2FO2/c15-11-5-8(1-2-10(11)7-14(18)19)9-3-4-13(17)12(16)6-9/h1-6H,7H2,(H,18,19). The predicted molar refractivity (Wildman–Crippen MR) is 73.2 cm³/mol. The molecule has 98 valence electrons. The van der Waals surface area contributed by atoms with Crippen molar-refractivity contribution in [1.82, 2.24) is 0 Å². The Kier molecular flexibility index (Phi) is 4.08. The Hall–Kier alpha value is -1.58. The topological polar surface area (TPSA) is 37.3 Å². The van der Waals surface area contributed by atoms with Gasteiger partial charge in [-0.25, -0.2) is 4.39 Å². The van der Waals surface area contributed by atoms with Gasteiger partial charge in [-0.2, -0.15) is 0 Å². The molecule has 2 aromatic rings. The average Bonchev–Trinajstić information content (AvgIpc) is 2.35. The zero-order valence-electron chi connectivity index (χ0n) is 9.66. The van der Waals surface area contributed by atoms with Gasteiger partial charge in [0.15, 0.2) is 0 Å². The van der Waals surface area contributed by atoms with E-state index in [1.165, 1.54) is 12.1 Å². The molecule has 2 nitrogen and oxygen atoms in total. The summed E-state index contributed by atoms with van der Waals surface area (Å²) in [6.07, 6.45) is -0.136. The second kappa shape index (κ2) is 5.59. The van der Waals surface area contributed by atoms with Crippen LogP contribution in [0, 0.1) is 5.82 Å². The molecular formula is C14H9Cl2FO2. The van der Waals surface area contributed by atoms with Crippen molar-refractivity contribution in [3.8, 4) is 11.1 Å². The van der Waals surface area contributed by atoms with Crippen LogP contribution in [0.5, 0.6) is 0 Å². The molecule has 0 heterocycles. The number of aliphatic carboxylic acids is 1. The molecule has 0 amide bonds. The second-order valence-corrected chi connectivity index (χ2v) is 4.82. The molecule has 0 bridgehead atoms. The maximum Gasteiger partial charge on any atom is 0.307 e. The lowest BCUT2D eigenvalue weighted by atomic mass is 10.0. The Bertz CT molecular complexity index is 641. The van der Waals surface area contributed by atoms with E-state index in [1.807, 2.05) is 0 Å². The first kappa shape index (κ1) is 13.8. The van der Waals surface area contributed by atoms with Crippen LogP contribution in [0.1, 0.15) is 5.56 Å². The van der Waals surface area contributed by atoms with Crippen molar-refractivity contribution in [3.05, 3.63) is 57.8 Å². The first-order valence-corrected chi connectivity index (χ1v) is 6.18. The zero-order valence-corrected chi connectivity index (χ0v) is 11.2. The van der Waals surface area contributed by atoms with E-state index in [4.69, 9.17) is 28.3 Å². The molecule has 19 heavy (non-hydrogen) atoms. The number of hydrogen-bond donors (Lipinski definition) is 1. The van der Waals surface area contributed by atoms with Crippen LogP contribution in [0.4, 0.5) is 4.39 Å². The molecule has 2 rings (SSSR count). The highest BCUT2D eigenvalue weighted by Crippen LogP contribution is 2.28. The van der Waals surface area contributed by atoms with Crippen molar-refractivity contribution in [2.45, 2.75) is 6.42 Å². The number of hydrogen-bond acceptors (Lipinski definition) is 1. The molecule has 1 N–H and O–H groups in total. The zero-order chi connectivity index (χ0) is 14.0. The molecule has 2 aromatic carbocycles. The van der Waals surface area contributed by atoms with Gasteiger partial charge in [-0.15, -0.1) is 0 Å². The van der Waals surface area contributed by atoms with Gasteiger partial charge in [-0.05, 0) is 34.9 Å². The predicted octanol–water partition coefficient (Wildman–Crippen LogP) is 4.43. The van der Waals surface area contributed by atoms with E-state index < -0.39 is 11.8 Å². The largest absolute Gasteiger partial charge is 0.481 e. The minimum Gasteiger partial charge on any atom is -0.481 e. The molecule has 0 spiro atoms. The highest BCUT2D eigenvalue weighted by Gasteiger charge is 2.08. The van der Waals surface area contributed by atoms with Gasteiger partial charge in [0.1, 0.15) is 5.82 Å². The lowest BCUT2D eigenvalue weighted by molar-refractivity contribution is -0.136. The molecular weight excluding hydrogens is 290 g/mol. The maximum absolute atomic E-state index is 13.1. The SMILES string of the molecule is O=C(O)Cc1ccc(-c2ccc(F)c(Cl)c2)cc1Cl. The van der Waals surface area contributed by atoms with Gasteiger partial charge in [0, 0.05) is 5.02 Å². The molecule has 0 atom stereocenters. The normalized spacial score (nSPS) is 10.5. The van der Waals surface area contributed by atoms with Crippen LogP contribution in [-0.4, -0.2) is 11.1 Å². The first-order valence-electron chi connectivity index (χ1n) is 5.43. The summed E-state index contributed by atoms with van der Waals surface area (Å²) in [6.45, 7) is 0. The number of rotatable bonds is 3. The number of benzene rings is 2. The van der Waals surface area contributed by atoms with Crippen molar-refractivity contribution >= 4 is 29.2 Å². The summed E-state index contributed by atoms with van der Waals surface area (Å²) in [4.78, 5) is 10.6. The van der Waals surface area contributed by atoms with Gasteiger partial charge >= 0.3 is 5.97 Å². The lowest BCUT2D eigenvalue weighted by Crippen LogP contribution is -2.00. The molecule has 0 aliphatic carbocycles. The minimum absolute atomic E-state index is 0.0308. The highest BCUT2D eigenvalue weighted by atomic mass is 35.5. The summed E-state index contributed by atoms with van der Waals surface area (Å²) in [6, 6.07) is 9.38. The van der Waals surface area contributed by atoms with Gasteiger partial charge < -0.3 is 5.11 Å². The quantitative estimate of drug-likeness (QED) is 0.910. The Morgan fingerprint density at radius 1 is 1.05 bits per heavy atom. The van der Waals surface area contributed by atoms with Crippen LogP contribution in [-0.2, 0) is 11.2 Å². The van der Waals surface area contributed by atoms with Crippen LogP contribution < -0.4 is 0 Å². The van der Waals surface area contributed by atoms with Gasteiger partial charge in [-0.3, -0.25) is 4.79 Å². The van der Waals surface area contributed by atoms with E-state index in [0.29, 0.717) is 10.6 Å². The molecule has 5 heteroatoms. The molecule has 0 saturated heterocycles. The third-order valence-corrected chi connectivity index (χ3v) is 3.29.